The van der Waals surface area contributed by atoms with Crippen LogP contribution < -0.4 is 16.0 Å². The zero-order valence-corrected chi connectivity index (χ0v) is 18.8. The number of anilines is 2. The molecule has 3 aromatic carbocycles. The molecule has 0 aromatic heterocycles. The van der Waals surface area contributed by atoms with Crippen molar-refractivity contribution in [2.24, 2.45) is 0 Å². The minimum Gasteiger partial charge on any atom is -0.332 e. The van der Waals surface area contributed by atoms with Gasteiger partial charge < -0.3 is 10.6 Å². The summed E-state index contributed by atoms with van der Waals surface area (Å²) in [6, 6.07) is 14.6. The fourth-order valence-electron chi connectivity index (χ4n) is 2.70. The first-order chi connectivity index (χ1) is 15.5. The summed E-state index contributed by atoms with van der Waals surface area (Å²) < 4.78 is 38.5. The van der Waals surface area contributed by atoms with Crippen molar-refractivity contribution in [3.8, 4) is 0 Å². The summed E-state index contributed by atoms with van der Waals surface area (Å²) in [5.74, 6) is -1.11. The number of hydrogen-bond acceptors (Lipinski definition) is 3. The van der Waals surface area contributed by atoms with E-state index in [-0.39, 0.29) is 21.9 Å². The van der Waals surface area contributed by atoms with E-state index in [1.54, 1.807) is 0 Å². The van der Waals surface area contributed by atoms with Crippen LogP contribution in [0.4, 0.5) is 24.5 Å². The van der Waals surface area contributed by atoms with Crippen LogP contribution in [0.3, 0.4) is 0 Å². The van der Waals surface area contributed by atoms with Crippen molar-refractivity contribution in [2.75, 3.05) is 10.6 Å². The zero-order valence-electron chi connectivity index (χ0n) is 16.5. The molecule has 3 aromatic rings. The van der Waals surface area contributed by atoms with E-state index in [1.165, 1.54) is 54.6 Å². The van der Waals surface area contributed by atoms with E-state index in [9.17, 15) is 22.8 Å². The van der Waals surface area contributed by atoms with Crippen molar-refractivity contribution in [1.29, 1.82) is 0 Å². The highest BCUT2D eigenvalue weighted by molar-refractivity contribution is 7.80. The number of benzene rings is 3. The Hall–Kier alpha value is -3.14. The van der Waals surface area contributed by atoms with Crippen molar-refractivity contribution in [1.82, 2.24) is 5.32 Å². The Labute approximate surface area is 201 Å². The maximum absolute atomic E-state index is 12.8. The summed E-state index contributed by atoms with van der Waals surface area (Å²) in [5, 5.41) is 8.28. The van der Waals surface area contributed by atoms with E-state index in [1.807, 2.05) is 0 Å². The third-order valence-electron chi connectivity index (χ3n) is 4.20. The van der Waals surface area contributed by atoms with Gasteiger partial charge in [-0.15, -0.1) is 0 Å². The minimum absolute atomic E-state index is 0.00253. The van der Waals surface area contributed by atoms with Gasteiger partial charge in [0.05, 0.1) is 5.56 Å². The van der Waals surface area contributed by atoms with Crippen molar-refractivity contribution in [3.05, 3.63) is 93.5 Å². The molecule has 3 N–H and O–H groups in total. The molecule has 0 aliphatic heterocycles. The number of rotatable bonds is 4. The van der Waals surface area contributed by atoms with Gasteiger partial charge in [-0.3, -0.25) is 14.9 Å². The molecule has 3 rings (SSSR count). The van der Waals surface area contributed by atoms with E-state index in [4.69, 9.17) is 35.4 Å². The standard InChI is InChI=1S/C22H14Cl2F3N3O2S/c23-15-8-13(9-16(24)11-15)20(32)30-21(33)29-17-6-4-12(5-7-17)19(31)28-18-3-1-2-14(10-18)22(25,26)27/h1-11H,(H,28,31)(H2,29,30,32,33). The lowest BCUT2D eigenvalue weighted by atomic mass is 10.1. The van der Waals surface area contributed by atoms with E-state index >= 15 is 0 Å². The molecular weight excluding hydrogens is 498 g/mol. The molecule has 0 atom stereocenters. The molecule has 33 heavy (non-hydrogen) atoms. The number of alkyl halides is 3. The fourth-order valence-corrected chi connectivity index (χ4v) is 3.44. The summed E-state index contributed by atoms with van der Waals surface area (Å²) >= 11 is 16.9. The van der Waals surface area contributed by atoms with Crippen molar-refractivity contribution < 1.29 is 22.8 Å². The van der Waals surface area contributed by atoms with Gasteiger partial charge in [0.25, 0.3) is 11.8 Å². The Bertz CT molecular complexity index is 1200. The molecule has 11 heteroatoms. The van der Waals surface area contributed by atoms with E-state index in [0.717, 1.165) is 12.1 Å². The van der Waals surface area contributed by atoms with Gasteiger partial charge in [-0.05, 0) is 72.9 Å². The first-order valence-electron chi connectivity index (χ1n) is 9.18. The highest BCUT2D eigenvalue weighted by Crippen LogP contribution is 2.30. The maximum Gasteiger partial charge on any atom is 0.416 e. The minimum atomic E-state index is -4.51. The highest BCUT2D eigenvalue weighted by Gasteiger charge is 2.30. The number of nitrogens with one attached hydrogen (secondary N) is 3. The molecule has 0 heterocycles. The molecule has 170 valence electrons. The Balaban J connectivity index is 1.60. The molecule has 0 unspecified atom stereocenters. The first-order valence-corrected chi connectivity index (χ1v) is 10.3. The van der Waals surface area contributed by atoms with Gasteiger partial charge in [-0.25, -0.2) is 0 Å². The highest BCUT2D eigenvalue weighted by atomic mass is 35.5. The SMILES string of the molecule is O=C(NC(=S)Nc1ccc(C(=O)Nc2cccc(C(F)(F)F)c2)cc1)c1cc(Cl)cc(Cl)c1. The van der Waals surface area contributed by atoms with E-state index < -0.39 is 23.6 Å². The van der Waals surface area contributed by atoms with Crippen LogP contribution in [0.15, 0.2) is 66.7 Å². The molecule has 5 nitrogen and oxygen atoms in total. The Morgan fingerprint density at radius 2 is 1.39 bits per heavy atom. The van der Waals surface area contributed by atoms with Crippen molar-refractivity contribution in [2.45, 2.75) is 6.18 Å². The molecule has 0 fully saturated rings. The lowest BCUT2D eigenvalue weighted by Crippen LogP contribution is -2.34. The number of hydrogen-bond donors (Lipinski definition) is 3. The number of amides is 2. The molecular formula is C22H14Cl2F3N3O2S. The second-order valence-corrected chi connectivity index (χ2v) is 7.96. The second-order valence-electron chi connectivity index (χ2n) is 6.68. The monoisotopic (exact) mass is 511 g/mol. The molecule has 0 radical (unpaired) electrons. The van der Waals surface area contributed by atoms with Gasteiger partial charge >= 0.3 is 6.18 Å². The van der Waals surface area contributed by atoms with E-state index in [2.05, 4.69) is 16.0 Å². The van der Waals surface area contributed by atoms with Gasteiger partial charge in [0.2, 0.25) is 0 Å². The summed E-state index contributed by atoms with van der Waals surface area (Å²) in [6.45, 7) is 0. The second kappa shape index (κ2) is 10.2. The van der Waals surface area contributed by atoms with E-state index in [0.29, 0.717) is 15.7 Å². The summed E-state index contributed by atoms with van der Waals surface area (Å²) in [7, 11) is 0. The lowest BCUT2D eigenvalue weighted by molar-refractivity contribution is -0.137. The third kappa shape index (κ3) is 6.92. The van der Waals surface area contributed by atoms with Gasteiger partial charge in [-0.2, -0.15) is 13.2 Å². The third-order valence-corrected chi connectivity index (χ3v) is 4.85. The Kier molecular flexibility index (Phi) is 7.57. The van der Waals surface area contributed by atoms with Crippen LogP contribution in [0.5, 0.6) is 0 Å². The van der Waals surface area contributed by atoms with Gasteiger partial charge in [0.15, 0.2) is 5.11 Å². The molecule has 0 spiro atoms. The van der Waals surface area contributed by atoms with Gasteiger partial charge in [-0.1, -0.05) is 29.3 Å². The van der Waals surface area contributed by atoms with Gasteiger partial charge in [0.1, 0.15) is 0 Å². The first kappa shape index (κ1) is 24.5. The predicted molar refractivity (Wildman–Crippen MR) is 126 cm³/mol. The largest absolute Gasteiger partial charge is 0.416 e. The number of carbonyl (C=O) groups excluding carboxylic acids is 2. The smallest absolute Gasteiger partial charge is 0.332 e. The predicted octanol–water partition coefficient (Wildman–Crippen LogP) is 6.39. The van der Waals surface area contributed by atoms with Crippen LogP contribution in [-0.2, 0) is 6.18 Å². The normalized spacial score (nSPS) is 10.9. The quantitative estimate of drug-likeness (QED) is 0.355. The van der Waals surface area contributed by atoms with Crippen LogP contribution in [-0.4, -0.2) is 16.9 Å². The van der Waals surface area contributed by atoms with Crippen LogP contribution >= 0.6 is 35.4 Å². The van der Waals surface area contributed by atoms with Crippen LogP contribution in [0, 0.1) is 0 Å². The molecule has 0 aliphatic rings. The molecule has 0 aliphatic carbocycles. The van der Waals surface area contributed by atoms with Crippen LogP contribution in [0.25, 0.3) is 0 Å². The number of thiocarbonyl (C=S) groups is 1. The average molecular weight is 512 g/mol. The molecule has 0 saturated heterocycles. The molecule has 0 bridgehead atoms. The van der Waals surface area contributed by atoms with Crippen LogP contribution in [0.2, 0.25) is 10.0 Å². The molecule has 0 saturated carbocycles. The summed E-state index contributed by atoms with van der Waals surface area (Å²) in [6.07, 6.45) is -4.51. The topological polar surface area (TPSA) is 70.2 Å². The van der Waals surface area contributed by atoms with Crippen molar-refractivity contribution >= 4 is 63.7 Å². The lowest BCUT2D eigenvalue weighted by Gasteiger charge is -2.11. The maximum atomic E-state index is 12.8. The number of halogens is 5. The Morgan fingerprint density at radius 3 is 2.00 bits per heavy atom. The van der Waals surface area contributed by atoms with Crippen molar-refractivity contribution in [3.63, 3.8) is 0 Å². The average Bonchev–Trinajstić information content (AvgIpc) is 2.73. The summed E-state index contributed by atoms with van der Waals surface area (Å²) in [5.41, 5.74) is 0.0530. The van der Waals surface area contributed by atoms with Crippen LogP contribution in [0.1, 0.15) is 26.3 Å². The fraction of sp³-hybridized carbons (Fsp3) is 0.0455. The number of carbonyl (C=O) groups is 2. The van der Waals surface area contributed by atoms with Gasteiger partial charge in [0, 0.05) is 32.5 Å². The summed E-state index contributed by atoms with van der Waals surface area (Å²) in [4.78, 5) is 24.6. The Morgan fingerprint density at radius 1 is 0.758 bits per heavy atom. The molecule has 2 amide bonds. The zero-order chi connectivity index (χ0) is 24.2.